The van der Waals surface area contributed by atoms with Gasteiger partial charge in [-0.3, -0.25) is 4.90 Å². The zero-order chi connectivity index (χ0) is 16.7. The molecule has 0 aromatic carbocycles. The fraction of sp³-hybridized carbons (Fsp3) is 0.500. The highest BCUT2D eigenvalue weighted by Crippen LogP contribution is 2.22. The first-order valence-corrected chi connectivity index (χ1v) is 7.96. The van der Waals surface area contributed by atoms with Crippen molar-refractivity contribution < 1.29 is 0 Å². The maximum atomic E-state index is 3.97. The summed E-state index contributed by atoms with van der Waals surface area (Å²) in [7, 11) is 0. The van der Waals surface area contributed by atoms with Crippen LogP contribution in [0.5, 0.6) is 0 Å². The number of allylic oxidation sites excluding steroid dienone is 4. The van der Waals surface area contributed by atoms with E-state index in [-0.39, 0.29) is 0 Å². The molecule has 0 aliphatic heterocycles. The predicted octanol–water partition coefficient (Wildman–Crippen LogP) is 5.79. The summed E-state index contributed by atoms with van der Waals surface area (Å²) in [6.07, 6.45) is 13.2. The van der Waals surface area contributed by atoms with E-state index in [1.807, 2.05) is 26.0 Å². The lowest BCUT2D eigenvalue weighted by Crippen LogP contribution is -2.40. The third kappa shape index (κ3) is 9.25. The Kier molecular flexibility index (Phi) is 15.7. The van der Waals surface area contributed by atoms with E-state index in [4.69, 9.17) is 0 Å². The molecule has 0 heterocycles. The van der Waals surface area contributed by atoms with Crippen LogP contribution in [0.25, 0.3) is 0 Å². The van der Waals surface area contributed by atoms with Gasteiger partial charge in [0.05, 0.1) is 0 Å². The number of hydrogen-bond acceptors (Lipinski definition) is 1. The van der Waals surface area contributed by atoms with E-state index in [1.165, 1.54) is 12.0 Å². The highest BCUT2D eigenvalue weighted by molar-refractivity contribution is 5.29. The lowest BCUT2D eigenvalue weighted by atomic mass is 9.92. The van der Waals surface area contributed by atoms with Crippen molar-refractivity contribution in [2.75, 3.05) is 13.1 Å². The van der Waals surface area contributed by atoms with Crippen LogP contribution in [0.4, 0.5) is 0 Å². The quantitative estimate of drug-likeness (QED) is 0.383. The van der Waals surface area contributed by atoms with Gasteiger partial charge in [-0.2, -0.15) is 0 Å². The minimum atomic E-state index is 0.376. The Bertz CT molecular complexity index is 336. The third-order valence-corrected chi connectivity index (χ3v) is 3.24. The minimum Gasteiger partial charge on any atom is -0.296 e. The van der Waals surface area contributed by atoms with Gasteiger partial charge in [0.25, 0.3) is 0 Å². The van der Waals surface area contributed by atoms with Crippen LogP contribution in [0.3, 0.4) is 0 Å². The molecule has 1 nitrogen and oxygen atoms in total. The fourth-order valence-corrected chi connectivity index (χ4v) is 2.25. The molecule has 2 unspecified atom stereocenters. The average Bonchev–Trinajstić information content (AvgIpc) is 2.50. The molecule has 0 amide bonds. The normalized spacial score (nSPS) is 14.3. The van der Waals surface area contributed by atoms with E-state index in [2.05, 4.69) is 63.6 Å². The molecule has 0 spiro atoms. The predicted molar refractivity (Wildman–Crippen MR) is 99.7 cm³/mol. The van der Waals surface area contributed by atoms with E-state index in [9.17, 15) is 0 Å². The molecule has 0 rings (SSSR count). The monoisotopic (exact) mass is 289 g/mol. The SMILES string of the molecule is C=C/C(=C\C=C/C)C(C(C)C=C)N(CC)CCC.C=CC. The summed E-state index contributed by atoms with van der Waals surface area (Å²) in [4.78, 5) is 2.50. The second kappa shape index (κ2) is 15.1. The highest BCUT2D eigenvalue weighted by atomic mass is 15.1. The Labute approximate surface area is 133 Å². The largest absolute Gasteiger partial charge is 0.296 e. The average molecular weight is 290 g/mol. The molecule has 0 aliphatic carbocycles. The van der Waals surface area contributed by atoms with Crippen LogP contribution in [-0.4, -0.2) is 24.0 Å². The van der Waals surface area contributed by atoms with E-state index in [0.717, 1.165) is 13.1 Å². The van der Waals surface area contributed by atoms with Crippen molar-refractivity contribution in [1.29, 1.82) is 0 Å². The van der Waals surface area contributed by atoms with Crippen molar-refractivity contribution in [1.82, 2.24) is 4.90 Å². The molecule has 0 aliphatic rings. The summed E-state index contributed by atoms with van der Waals surface area (Å²) >= 11 is 0. The van der Waals surface area contributed by atoms with E-state index in [0.29, 0.717) is 12.0 Å². The smallest absolute Gasteiger partial charge is 0.0407 e. The van der Waals surface area contributed by atoms with Gasteiger partial charge in [0, 0.05) is 6.04 Å². The van der Waals surface area contributed by atoms with Crippen molar-refractivity contribution in [3.8, 4) is 0 Å². The van der Waals surface area contributed by atoms with Crippen LogP contribution in [0.1, 0.15) is 41.0 Å². The van der Waals surface area contributed by atoms with Gasteiger partial charge in [-0.1, -0.05) is 63.8 Å². The molecule has 0 aromatic heterocycles. The Morgan fingerprint density at radius 2 is 1.71 bits per heavy atom. The molecule has 0 radical (unpaired) electrons. The van der Waals surface area contributed by atoms with Gasteiger partial charge in [0.1, 0.15) is 0 Å². The maximum Gasteiger partial charge on any atom is 0.0407 e. The van der Waals surface area contributed by atoms with Crippen molar-refractivity contribution in [2.24, 2.45) is 5.92 Å². The van der Waals surface area contributed by atoms with Crippen molar-refractivity contribution >= 4 is 0 Å². The summed E-state index contributed by atoms with van der Waals surface area (Å²) < 4.78 is 0. The second-order valence-electron chi connectivity index (χ2n) is 4.97. The van der Waals surface area contributed by atoms with Gasteiger partial charge in [0.2, 0.25) is 0 Å². The summed E-state index contributed by atoms with van der Waals surface area (Å²) in [6, 6.07) is 0.376. The molecule has 0 N–H and O–H groups in total. The van der Waals surface area contributed by atoms with Crippen LogP contribution < -0.4 is 0 Å². The third-order valence-electron chi connectivity index (χ3n) is 3.24. The molecular weight excluding hydrogens is 254 g/mol. The van der Waals surface area contributed by atoms with Gasteiger partial charge in [-0.25, -0.2) is 0 Å². The number of hydrogen-bond donors (Lipinski definition) is 0. The molecular formula is C20H35N. The molecule has 21 heavy (non-hydrogen) atoms. The summed E-state index contributed by atoms with van der Waals surface area (Å²) in [6.45, 7) is 24.0. The van der Waals surface area contributed by atoms with Gasteiger partial charge in [-0.15, -0.1) is 13.2 Å². The van der Waals surface area contributed by atoms with Crippen LogP contribution in [0, 0.1) is 5.92 Å². The van der Waals surface area contributed by atoms with Gasteiger partial charge < -0.3 is 0 Å². The lowest BCUT2D eigenvalue weighted by Gasteiger charge is -2.34. The zero-order valence-corrected chi connectivity index (χ0v) is 14.8. The molecule has 0 bridgehead atoms. The van der Waals surface area contributed by atoms with Crippen LogP contribution in [0.15, 0.2) is 61.8 Å². The first-order valence-electron chi connectivity index (χ1n) is 7.96. The molecule has 0 saturated carbocycles. The number of nitrogens with zero attached hydrogens (tertiary/aromatic N) is 1. The maximum absolute atomic E-state index is 3.97. The fourth-order valence-electron chi connectivity index (χ4n) is 2.25. The van der Waals surface area contributed by atoms with Crippen molar-refractivity contribution in [2.45, 2.75) is 47.1 Å². The number of rotatable bonds is 9. The van der Waals surface area contributed by atoms with Crippen LogP contribution in [-0.2, 0) is 0 Å². The standard InChI is InChI=1S/C17H29N.C3H6/c1-7-12-13-16(10-4)17(15(6)9-3)18(11-5)14-8-2;1-3-2/h7,9-10,12-13,15,17H,3-4,8,11,14H2,1-2,5-6H3;3H,1H2,2H3/b12-7-,16-13+;. The highest BCUT2D eigenvalue weighted by Gasteiger charge is 2.23. The zero-order valence-electron chi connectivity index (χ0n) is 14.8. The first-order chi connectivity index (χ1) is 10.1. The van der Waals surface area contributed by atoms with E-state index < -0.39 is 0 Å². The summed E-state index contributed by atoms with van der Waals surface area (Å²) in [5, 5.41) is 0. The Hall–Kier alpha value is -1.34. The van der Waals surface area contributed by atoms with Crippen LogP contribution >= 0.6 is 0 Å². The first kappa shape index (κ1) is 21.9. The van der Waals surface area contributed by atoms with E-state index >= 15 is 0 Å². The van der Waals surface area contributed by atoms with Gasteiger partial charge >= 0.3 is 0 Å². The van der Waals surface area contributed by atoms with Crippen LogP contribution in [0.2, 0.25) is 0 Å². The molecule has 0 fully saturated rings. The van der Waals surface area contributed by atoms with Gasteiger partial charge in [-0.05, 0) is 44.8 Å². The lowest BCUT2D eigenvalue weighted by molar-refractivity contribution is 0.204. The Morgan fingerprint density at radius 3 is 2.05 bits per heavy atom. The molecule has 1 heteroatoms. The van der Waals surface area contributed by atoms with E-state index in [1.54, 1.807) is 6.08 Å². The summed E-state index contributed by atoms with van der Waals surface area (Å²) in [5.41, 5.74) is 1.27. The van der Waals surface area contributed by atoms with Crippen molar-refractivity contribution in [3.63, 3.8) is 0 Å². The van der Waals surface area contributed by atoms with Gasteiger partial charge in [0.15, 0.2) is 0 Å². The molecule has 0 aromatic rings. The topological polar surface area (TPSA) is 3.24 Å². The molecule has 0 saturated heterocycles. The Morgan fingerprint density at radius 1 is 1.14 bits per heavy atom. The second-order valence-corrected chi connectivity index (χ2v) is 4.97. The Balaban J connectivity index is 0. The number of likely N-dealkylation sites (N-methyl/N-ethyl adjacent to an activating group) is 1. The minimum absolute atomic E-state index is 0.376. The van der Waals surface area contributed by atoms with Crippen molar-refractivity contribution in [3.05, 3.63) is 61.8 Å². The molecule has 120 valence electrons. The summed E-state index contributed by atoms with van der Waals surface area (Å²) in [5.74, 6) is 0.422. The molecule has 2 atom stereocenters.